The van der Waals surface area contributed by atoms with Gasteiger partial charge < -0.3 is 5.32 Å². The number of alkyl halides is 3. The van der Waals surface area contributed by atoms with Crippen LogP contribution in [0.1, 0.15) is 24.5 Å². The molecule has 0 bridgehead atoms. The van der Waals surface area contributed by atoms with Gasteiger partial charge in [-0.05, 0) is 13.3 Å². The first kappa shape index (κ1) is 16.7. The molecule has 0 aliphatic carbocycles. The minimum atomic E-state index is -4.91. The molecule has 0 radical (unpaired) electrons. The lowest BCUT2D eigenvalue weighted by molar-refractivity contribution is -0.393. The summed E-state index contributed by atoms with van der Waals surface area (Å²) < 4.78 is 38.6. The summed E-state index contributed by atoms with van der Waals surface area (Å²) in [5, 5.41) is 24.4. The van der Waals surface area contributed by atoms with Crippen LogP contribution in [0, 0.1) is 27.2 Å². The van der Waals surface area contributed by atoms with Crippen LogP contribution in [0.5, 0.6) is 0 Å². The molecule has 116 valence electrons. The minimum absolute atomic E-state index is 0.159. The highest BCUT2D eigenvalue weighted by Crippen LogP contribution is 2.44. The molecule has 0 amide bonds. The van der Waals surface area contributed by atoms with Gasteiger partial charge >= 0.3 is 11.9 Å². The molecule has 0 aromatic heterocycles. The molecule has 0 heterocycles. The molecule has 10 heteroatoms. The van der Waals surface area contributed by atoms with Crippen molar-refractivity contribution in [3.05, 3.63) is 37.4 Å². The zero-order valence-electron chi connectivity index (χ0n) is 11.2. The van der Waals surface area contributed by atoms with Crippen LogP contribution in [0.2, 0.25) is 0 Å². The predicted molar refractivity (Wildman–Crippen MR) is 68.3 cm³/mol. The van der Waals surface area contributed by atoms with Gasteiger partial charge in [0.05, 0.1) is 15.4 Å². The molecule has 0 aliphatic rings. The van der Waals surface area contributed by atoms with Gasteiger partial charge in [0.1, 0.15) is 0 Å². The van der Waals surface area contributed by atoms with Crippen molar-refractivity contribution >= 4 is 17.1 Å². The predicted octanol–water partition coefficient (Wildman–Crippen LogP) is 3.65. The fraction of sp³-hybridized carbons (Fsp3) is 0.455. The topological polar surface area (TPSA) is 98.3 Å². The molecule has 0 saturated carbocycles. The molecule has 0 fully saturated rings. The Labute approximate surface area is 117 Å². The third-order valence-corrected chi connectivity index (χ3v) is 2.77. The summed E-state index contributed by atoms with van der Waals surface area (Å²) in [5.74, 6) is 0. The number of rotatable bonds is 5. The Morgan fingerprint density at radius 2 is 1.81 bits per heavy atom. The van der Waals surface area contributed by atoms with E-state index in [-0.39, 0.29) is 6.54 Å². The Morgan fingerprint density at radius 1 is 1.24 bits per heavy atom. The van der Waals surface area contributed by atoms with Gasteiger partial charge in [0, 0.05) is 18.2 Å². The van der Waals surface area contributed by atoms with Crippen molar-refractivity contribution < 1.29 is 23.0 Å². The highest BCUT2D eigenvalue weighted by atomic mass is 19.4. The van der Waals surface area contributed by atoms with Gasteiger partial charge in [-0.25, -0.2) is 0 Å². The fourth-order valence-electron chi connectivity index (χ4n) is 1.84. The molecule has 0 saturated heterocycles. The lowest BCUT2D eigenvalue weighted by Gasteiger charge is -2.14. The van der Waals surface area contributed by atoms with Gasteiger partial charge in [0.2, 0.25) is 0 Å². The van der Waals surface area contributed by atoms with Crippen molar-refractivity contribution in [1.82, 2.24) is 0 Å². The van der Waals surface area contributed by atoms with Crippen LogP contribution in [0.3, 0.4) is 0 Å². The summed E-state index contributed by atoms with van der Waals surface area (Å²) in [5.41, 5.74) is -4.44. The Balaban J connectivity index is 3.73. The first-order chi connectivity index (χ1) is 9.61. The second-order valence-corrected chi connectivity index (χ2v) is 4.23. The van der Waals surface area contributed by atoms with Crippen LogP contribution in [0.4, 0.5) is 30.2 Å². The number of halogens is 3. The molecule has 0 spiro atoms. The average Bonchev–Trinajstić information content (AvgIpc) is 2.33. The van der Waals surface area contributed by atoms with E-state index in [0.29, 0.717) is 12.5 Å². The molecule has 1 N–H and O–H groups in total. The number of hydrogen-bond acceptors (Lipinski definition) is 5. The normalized spacial score (nSPS) is 11.3. The number of nitrogens with one attached hydrogen (secondary N) is 1. The van der Waals surface area contributed by atoms with Crippen molar-refractivity contribution in [1.29, 1.82) is 0 Å². The van der Waals surface area contributed by atoms with Crippen molar-refractivity contribution in [2.75, 3.05) is 11.9 Å². The fourth-order valence-corrected chi connectivity index (χ4v) is 1.84. The second kappa shape index (κ2) is 5.94. The Kier molecular flexibility index (Phi) is 4.71. The first-order valence-corrected chi connectivity index (χ1v) is 5.88. The highest BCUT2D eigenvalue weighted by molar-refractivity contribution is 5.78. The number of anilines is 1. The van der Waals surface area contributed by atoms with E-state index in [1.165, 1.54) is 0 Å². The van der Waals surface area contributed by atoms with E-state index in [1.54, 1.807) is 6.92 Å². The van der Waals surface area contributed by atoms with E-state index in [1.807, 2.05) is 0 Å². The molecule has 0 atom stereocenters. The van der Waals surface area contributed by atoms with E-state index < -0.39 is 44.2 Å². The maximum Gasteiger partial charge on any atom is 0.417 e. The molecule has 7 nitrogen and oxygen atoms in total. The average molecular weight is 307 g/mol. The van der Waals surface area contributed by atoms with Crippen LogP contribution in [-0.4, -0.2) is 16.4 Å². The summed E-state index contributed by atoms with van der Waals surface area (Å²) >= 11 is 0. The van der Waals surface area contributed by atoms with E-state index in [0.717, 1.165) is 6.92 Å². The van der Waals surface area contributed by atoms with Gasteiger partial charge in [0.25, 0.3) is 5.69 Å². The smallest absolute Gasteiger partial charge is 0.374 e. The van der Waals surface area contributed by atoms with Gasteiger partial charge in [-0.15, -0.1) is 0 Å². The molecule has 0 unspecified atom stereocenters. The number of nitrogens with zero attached hydrogens (tertiary/aromatic N) is 2. The maximum atomic E-state index is 12.9. The van der Waals surface area contributed by atoms with E-state index >= 15 is 0 Å². The summed E-state index contributed by atoms with van der Waals surface area (Å²) in [6, 6.07) is 0.320. The van der Waals surface area contributed by atoms with E-state index in [9.17, 15) is 33.4 Å². The molecule has 1 aromatic rings. The summed E-state index contributed by atoms with van der Waals surface area (Å²) in [4.78, 5) is 19.8. The summed E-state index contributed by atoms with van der Waals surface area (Å²) in [7, 11) is 0. The third-order valence-electron chi connectivity index (χ3n) is 2.77. The summed E-state index contributed by atoms with van der Waals surface area (Å²) in [6.45, 7) is 2.79. The monoisotopic (exact) mass is 307 g/mol. The lowest BCUT2D eigenvalue weighted by Crippen LogP contribution is -2.14. The standard InChI is InChI=1S/C11H12F3N3O4/c1-3-4-15-9-8(16(18)19)5-7(11(12,13)14)6(2)10(9)17(20)21/h5,15H,3-4H2,1-2H3. The molecule has 0 aliphatic heterocycles. The third kappa shape index (κ3) is 3.38. The Hall–Kier alpha value is -2.39. The van der Waals surface area contributed by atoms with Gasteiger partial charge in [-0.1, -0.05) is 6.92 Å². The van der Waals surface area contributed by atoms with Crippen molar-refractivity contribution in [2.24, 2.45) is 0 Å². The van der Waals surface area contributed by atoms with Crippen molar-refractivity contribution in [2.45, 2.75) is 26.4 Å². The van der Waals surface area contributed by atoms with E-state index in [4.69, 9.17) is 0 Å². The largest absolute Gasteiger partial charge is 0.417 e. The van der Waals surface area contributed by atoms with Crippen LogP contribution in [0.15, 0.2) is 6.07 Å². The molecule has 1 aromatic carbocycles. The molecular formula is C11H12F3N3O4. The second-order valence-electron chi connectivity index (χ2n) is 4.23. The van der Waals surface area contributed by atoms with Crippen LogP contribution in [-0.2, 0) is 6.18 Å². The lowest BCUT2D eigenvalue weighted by atomic mass is 10.0. The Bertz CT molecular complexity index is 587. The number of nitro benzene ring substituents is 2. The number of benzene rings is 1. The maximum absolute atomic E-state index is 12.9. The van der Waals surface area contributed by atoms with E-state index in [2.05, 4.69) is 5.32 Å². The SMILES string of the molecule is CCCNc1c([N+](=O)[O-])cc(C(F)(F)F)c(C)c1[N+](=O)[O-]. The van der Waals surface area contributed by atoms with Gasteiger partial charge in [-0.2, -0.15) is 13.2 Å². The zero-order chi connectivity index (χ0) is 16.4. The molecule has 1 rings (SSSR count). The number of nitro groups is 2. The van der Waals surface area contributed by atoms with Crippen LogP contribution in [0.25, 0.3) is 0 Å². The minimum Gasteiger partial charge on any atom is -0.374 e. The van der Waals surface area contributed by atoms with Crippen molar-refractivity contribution in [3.8, 4) is 0 Å². The van der Waals surface area contributed by atoms with Gasteiger partial charge in [0.15, 0.2) is 5.69 Å². The number of hydrogen-bond donors (Lipinski definition) is 1. The summed E-state index contributed by atoms with van der Waals surface area (Å²) in [6.07, 6.45) is -4.42. The first-order valence-electron chi connectivity index (χ1n) is 5.88. The zero-order valence-corrected chi connectivity index (χ0v) is 11.2. The highest BCUT2D eigenvalue weighted by Gasteiger charge is 2.40. The molecule has 21 heavy (non-hydrogen) atoms. The quantitative estimate of drug-likeness (QED) is 0.661. The van der Waals surface area contributed by atoms with Gasteiger partial charge in [-0.3, -0.25) is 20.2 Å². The Morgan fingerprint density at radius 3 is 2.19 bits per heavy atom. The van der Waals surface area contributed by atoms with Crippen LogP contribution >= 0.6 is 0 Å². The molecular weight excluding hydrogens is 295 g/mol. The van der Waals surface area contributed by atoms with Crippen LogP contribution < -0.4 is 5.32 Å². The van der Waals surface area contributed by atoms with Crippen molar-refractivity contribution in [3.63, 3.8) is 0 Å².